The number of fused-ring (bicyclic) bond motifs is 1. The summed E-state index contributed by atoms with van der Waals surface area (Å²) in [5, 5.41) is 0. The largest absolute Gasteiger partial charge is 0.485 e. The fourth-order valence-corrected chi connectivity index (χ4v) is 3.59. The highest BCUT2D eigenvalue weighted by atomic mass is 16.5. The van der Waals surface area contributed by atoms with E-state index in [0.29, 0.717) is 11.8 Å². The maximum absolute atomic E-state index is 6.51. The molecule has 0 amide bonds. The van der Waals surface area contributed by atoms with Crippen LogP contribution in [-0.4, -0.2) is 0 Å². The zero-order chi connectivity index (χ0) is 17.4. The number of anilines is 1. The van der Waals surface area contributed by atoms with Crippen molar-refractivity contribution >= 4 is 5.69 Å². The first-order valence-electron chi connectivity index (χ1n) is 9.06. The summed E-state index contributed by atoms with van der Waals surface area (Å²) in [6.45, 7) is 11.0. The van der Waals surface area contributed by atoms with Gasteiger partial charge in [0, 0.05) is 17.2 Å². The first kappa shape index (κ1) is 16.9. The predicted octanol–water partition coefficient (Wildman–Crippen LogP) is 5.71. The molecule has 2 atom stereocenters. The second kappa shape index (κ2) is 6.51. The van der Waals surface area contributed by atoms with Gasteiger partial charge in [0.1, 0.15) is 11.9 Å². The minimum atomic E-state index is 0.114. The maximum Gasteiger partial charge on any atom is 0.127 e. The molecule has 2 heteroatoms. The zero-order valence-electron chi connectivity index (χ0n) is 15.5. The van der Waals surface area contributed by atoms with Crippen LogP contribution in [-0.2, 0) is 6.42 Å². The van der Waals surface area contributed by atoms with Gasteiger partial charge in [-0.2, -0.15) is 0 Å². The summed E-state index contributed by atoms with van der Waals surface area (Å²) in [5.41, 5.74) is 13.6. The average molecular weight is 323 g/mol. The normalized spacial score (nSPS) is 19.9. The predicted molar refractivity (Wildman–Crippen MR) is 102 cm³/mol. The minimum absolute atomic E-state index is 0.114. The van der Waals surface area contributed by atoms with Crippen molar-refractivity contribution in [3.05, 3.63) is 58.1 Å². The average Bonchev–Trinajstić information content (AvgIpc) is 2.56. The van der Waals surface area contributed by atoms with E-state index in [2.05, 4.69) is 65.0 Å². The second-order valence-corrected chi connectivity index (χ2v) is 7.50. The third-order valence-electron chi connectivity index (χ3n) is 5.46. The Morgan fingerprint density at radius 1 is 1.12 bits per heavy atom. The first-order valence-corrected chi connectivity index (χ1v) is 9.06. The van der Waals surface area contributed by atoms with Crippen molar-refractivity contribution < 1.29 is 4.74 Å². The molecule has 2 N–H and O–H groups in total. The van der Waals surface area contributed by atoms with Crippen LogP contribution in [0.1, 0.15) is 67.0 Å². The lowest BCUT2D eigenvalue weighted by atomic mass is 9.83. The van der Waals surface area contributed by atoms with Gasteiger partial charge in [-0.3, -0.25) is 0 Å². The van der Waals surface area contributed by atoms with Crippen LogP contribution in [0.3, 0.4) is 0 Å². The summed E-state index contributed by atoms with van der Waals surface area (Å²) in [6.07, 6.45) is 2.19. The molecular formula is C22H29NO. The van der Waals surface area contributed by atoms with Gasteiger partial charge in [0.2, 0.25) is 0 Å². The summed E-state index contributed by atoms with van der Waals surface area (Å²) in [5.74, 6) is 1.89. The zero-order valence-corrected chi connectivity index (χ0v) is 15.5. The minimum Gasteiger partial charge on any atom is -0.485 e. The summed E-state index contributed by atoms with van der Waals surface area (Å²) in [7, 11) is 0. The van der Waals surface area contributed by atoms with Crippen LogP contribution in [0.5, 0.6) is 5.75 Å². The third-order valence-corrected chi connectivity index (χ3v) is 5.46. The van der Waals surface area contributed by atoms with Gasteiger partial charge in [0.15, 0.2) is 0 Å². The standard InChI is InChI=1S/C22H29NO/c1-6-16-10-19-20(23)11-18(13(2)3)12-21(19)24-22(16)17-8-7-14(4)15(5)9-17/h7-9,11-13,16,22H,6,10,23H2,1-5H3/t16?,22-/m0/s1. The van der Waals surface area contributed by atoms with Crippen LogP contribution >= 0.6 is 0 Å². The number of hydrogen-bond acceptors (Lipinski definition) is 2. The molecule has 1 aliphatic heterocycles. The van der Waals surface area contributed by atoms with Crippen LogP contribution in [0.2, 0.25) is 0 Å². The van der Waals surface area contributed by atoms with E-state index < -0.39 is 0 Å². The molecule has 2 nitrogen and oxygen atoms in total. The summed E-state index contributed by atoms with van der Waals surface area (Å²) < 4.78 is 6.51. The van der Waals surface area contributed by atoms with Crippen molar-refractivity contribution in [2.24, 2.45) is 5.92 Å². The van der Waals surface area contributed by atoms with Crippen LogP contribution < -0.4 is 10.5 Å². The van der Waals surface area contributed by atoms with Gasteiger partial charge in [-0.15, -0.1) is 0 Å². The molecule has 2 aromatic carbocycles. The van der Waals surface area contributed by atoms with Crippen molar-refractivity contribution in [3.8, 4) is 5.75 Å². The number of aryl methyl sites for hydroxylation is 2. The second-order valence-electron chi connectivity index (χ2n) is 7.50. The molecule has 24 heavy (non-hydrogen) atoms. The van der Waals surface area contributed by atoms with Gasteiger partial charge in [0.05, 0.1) is 0 Å². The SMILES string of the molecule is CCC1Cc2c(N)cc(C(C)C)cc2O[C@@H]1c1ccc(C)c(C)c1. The molecule has 2 aromatic rings. The van der Waals surface area contributed by atoms with Gasteiger partial charge in [-0.05, 0) is 67.0 Å². The molecule has 1 heterocycles. The van der Waals surface area contributed by atoms with Crippen molar-refractivity contribution in [1.82, 2.24) is 0 Å². The quantitative estimate of drug-likeness (QED) is 0.734. The lowest BCUT2D eigenvalue weighted by Crippen LogP contribution is -2.26. The highest BCUT2D eigenvalue weighted by Gasteiger charge is 2.31. The first-order chi connectivity index (χ1) is 11.4. The van der Waals surface area contributed by atoms with E-state index in [1.807, 2.05) is 0 Å². The van der Waals surface area contributed by atoms with E-state index in [4.69, 9.17) is 10.5 Å². The molecule has 0 saturated heterocycles. The van der Waals surface area contributed by atoms with Crippen molar-refractivity contribution in [1.29, 1.82) is 0 Å². The third kappa shape index (κ3) is 3.02. The molecular weight excluding hydrogens is 294 g/mol. The van der Waals surface area contributed by atoms with E-state index in [-0.39, 0.29) is 6.10 Å². The van der Waals surface area contributed by atoms with Crippen molar-refractivity contribution in [2.75, 3.05) is 5.73 Å². The Morgan fingerprint density at radius 3 is 2.50 bits per heavy atom. The summed E-state index contributed by atoms with van der Waals surface area (Å²) in [4.78, 5) is 0. The van der Waals surface area contributed by atoms with Crippen LogP contribution in [0.4, 0.5) is 5.69 Å². The molecule has 128 valence electrons. The molecule has 0 aromatic heterocycles. The van der Waals surface area contributed by atoms with Crippen molar-refractivity contribution in [2.45, 2.75) is 59.5 Å². The molecule has 0 fully saturated rings. The summed E-state index contributed by atoms with van der Waals surface area (Å²) >= 11 is 0. The smallest absolute Gasteiger partial charge is 0.127 e. The molecule has 0 aliphatic carbocycles. The maximum atomic E-state index is 6.51. The van der Waals surface area contributed by atoms with Crippen LogP contribution in [0, 0.1) is 19.8 Å². The van der Waals surface area contributed by atoms with Crippen LogP contribution in [0.25, 0.3) is 0 Å². The number of rotatable bonds is 3. The monoisotopic (exact) mass is 323 g/mol. The lowest BCUT2D eigenvalue weighted by Gasteiger charge is -2.35. The molecule has 0 bridgehead atoms. The molecule has 0 saturated carbocycles. The Morgan fingerprint density at radius 2 is 1.88 bits per heavy atom. The number of nitrogens with two attached hydrogens (primary N) is 1. The number of nitrogen functional groups attached to an aromatic ring is 1. The molecule has 0 spiro atoms. The van der Waals surface area contributed by atoms with Crippen LogP contribution in [0.15, 0.2) is 30.3 Å². The number of hydrogen-bond donors (Lipinski definition) is 1. The Balaban J connectivity index is 2.02. The topological polar surface area (TPSA) is 35.2 Å². The highest BCUT2D eigenvalue weighted by molar-refractivity contribution is 5.58. The fraction of sp³-hybridized carbons (Fsp3) is 0.455. The van der Waals surface area contributed by atoms with Gasteiger partial charge in [0.25, 0.3) is 0 Å². The summed E-state index contributed by atoms with van der Waals surface area (Å²) in [6, 6.07) is 11.0. The van der Waals surface area contributed by atoms with Gasteiger partial charge < -0.3 is 10.5 Å². The molecule has 1 unspecified atom stereocenters. The Kier molecular flexibility index (Phi) is 4.58. The van der Waals surface area contributed by atoms with E-state index in [1.165, 1.54) is 27.8 Å². The van der Waals surface area contributed by atoms with E-state index in [0.717, 1.165) is 24.3 Å². The fourth-order valence-electron chi connectivity index (χ4n) is 3.59. The van der Waals surface area contributed by atoms with Gasteiger partial charge in [-0.1, -0.05) is 39.0 Å². The highest BCUT2D eigenvalue weighted by Crippen LogP contribution is 2.43. The van der Waals surface area contributed by atoms with E-state index in [1.54, 1.807) is 0 Å². The Labute approximate surface area is 146 Å². The number of ether oxygens (including phenoxy) is 1. The molecule has 0 radical (unpaired) electrons. The van der Waals surface area contributed by atoms with E-state index >= 15 is 0 Å². The molecule has 1 aliphatic rings. The van der Waals surface area contributed by atoms with Crippen molar-refractivity contribution in [3.63, 3.8) is 0 Å². The molecule has 3 rings (SSSR count). The Bertz CT molecular complexity index is 748. The lowest BCUT2D eigenvalue weighted by molar-refractivity contribution is 0.111. The van der Waals surface area contributed by atoms with E-state index in [9.17, 15) is 0 Å². The number of benzene rings is 2. The Hall–Kier alpha value is -1.96. The van der Waals surface area contributed by atoms with Gasteiger partial charge >= 0.3 is 0 Å². The van der Waals surface area contributed by atoms with Gasteiger partial charge in [-0.25, -0.2) is 0 Å².